The smallest absolute Gasteiger partial charge is 0.416 e. The molecule has 0 aliphatic heterocycles. The van der Waals surface area contributed by atoms with Crippen molar-refractivity contribution < 1.29 is 45.8 Å². The maximum Gasteiger partial charge on any atom is 0.416 e. The first-order valence-electron chi connectivity index (χ1n) is 11.5. The van der Waals surface area contributed by atoms with Crippen molar-refractivity contribution in [1.82, 2.24) is 5.32 Å². The molecule has 0 aromatic heterocycles. The lowest BCUT2D eigenvalue weighted by molar-refractivity contribution is -0.145. The molecule has 0 aliphatic carbocycles. The number of rotatable bonds is 10. The number of carbonyl (C=O) groups excluding carboxylic acids is 1. The average molecular weight is 574 g/mol. The van der Waals surface area contributed by atoms with Gasteiger partial charge in [0, 0.05) is 18.1 Å². The Morgan fingerprint density at radius 1 is 0.846 bits per heavy atom. The molecule has 39 heavy (non-hydrogen) atoms. The molecule has 3 rings (SSSR count). The minimum absolute atomic E-state index is 0.00198. The number of esters is 1. The van der Waals surface area contributed by atoms with Gasteiger partial charge in [0.2, 0.25) is 0 Å². The molecule has 0 saturated carbocycles. The maximum absolute atomic E-state index is 13.5. The van der Waals surface area contributed by atoms with Gasteiger partial charge in [-0.3, -0.25) is 9.59 Å². The lowest BCUT2D eigenvalue weighted by Gasteiger charge is -2.17. The van der Waals surface area contributed by atoms with Crippen LogP contribution in [0.2, 0.25) is 5.02 Å². The highest BCUT2D eigenvalue weighted by atomic mass is 35.5. The number of carbonyl (C=O) groups is 2. The fraction of sp³-hybridized carbons (Fsp3) is 0.259. The van der Waals surface area contributed by atoms with Gasteiger partial charge in [0.25, 0.3) is 0 Å². The van der Waals surface area contributed by atoms with Crippen LogP contribution < -0.4 is 5.32 Å². The molecular weight excluding hydrogens is 552 g/mol. The standard InChI is InChI=1S/C27H22ClF6NO4/c28-22-4-1-16(2-5-22)15-39-25(38)7-8-35-14-19-13-20(26(29,30)31)3-6-23(19)18-9-17(11-24(36)37)10-21(12-18)27(32,33)34/h1-6,9-10,12-13,35H,7-8,11,14-15H2,(H,36,37). The molecule has 0 heterocycles. The van der Waals surface area contributed by atoms with Gasteiger partial charge in [0.15, 0.2) is 0 Å². The summed E-state index contributed by atoms with van der Waals surface area (Å²) in [7, 11) is 0. The Hall–Kier alpha value is -3.57. The van der Waals surface area contributed by atoms with Crippen LogP contribution >= 0.6 is 11.6 Å². The summed E-state index contributed by atoms with van der Waals surface area (Å²) in [5.41, 5.74) is -1.61. The van der Waals surface area contributed by atoms with E-state index in [0.717, 1.165) is 24.3 Å². The van der Waals surface area contributed by atoms with Crippen LogP contribution in [-0.2, 0) is 46.3 Å². The second-order valence-corrected chi connectivity index (χ2v) is 9.01. The predicted molar refractivity (Wildman–Crippen MR) is 131 cm³/mol. The highest BCUT2D eigenvalue weighted by Crippen LogP contribution is 2.37. The number of hydrogen-bond donors (Lipinski definition) is 2. The van der Waals surface area contributed by atoms with Crippen molar-refractivity contribution in [3.8, 4) is 11.1 Å². The highest BCUT2D eigenvalue weighted by Gasteiger charge is 2.33. The van der Waals surface area contributed by atoms with Gasteiger partial charge in [-0.25, -0.2) is 0 Å². The molecule has 3 aromatic carbocycles. The Morgan fingerprint density at radius 2 is 1.51 bits per heavy atom. The van der Waals surface area contributed by atoms with Gasteiger partial charge >= 0.3 is 24.3 Å². The van der Waals surface area contributed by atoms with Gasteiger partial charge < -0.3 is 15.2 Å². The van der Waals surface area contributed by atoms with Gasteiger partial charge in [0.1, 0.15) is 6.61 Å². The van der Waals surface area contributed by atoms with Crippen molar-refractivity contribution in [2.45, 2.75) is 38.3 Å². The third-order valence-electron chi connectivity index (χ3n) is 5.55. The molecule has 0 spiro atoms. The minimum atomic E-state index is -4.81. The van der Waals surface area contributed by atoms with Crippen LogP contribution in [-0.4, -0.2) is 23.6 Å². The van der Waals surface area contributed by atoms with E-state index < -0.39 is 41.8 Å². The summed E-state index contributed by atoms with van der Waals surface area (Å²) in [4.78, 5) is 23.1. The van der Waals surface area contributed by atoms with E-state index in [-0.39, 0.29) is 48.4 Å². The molecule has 12 heteroatoms. The Labute approximate surface area is 224 Å². The summed E-state index contributed by atoms with van der Waals surface area (Å²) >= 11 is 5.80. The lowest BCUT2D eigenvalue weighted by Crippen LogP contribution is -2.20. The molecule has 2 N–H and O–H groups in total. The molecule has 0 unspecified atom stereocenters. The number of aliphatic carboxylic acids is 1. The molecule has 0 fully saturated rings. The van der Waals surface area contributed by atoms with Crippen LogP contribution in [0.1, 0.15) is 34.2 Å². The number of carboxylic acids is 1. The van der Waals surface area contributed by atoms with Crippen LogP contribution in [0.5, 0.6) is 0 Å². The average Bonchev–Trinajstić information content (AvgIpc) is 2.84. The number of ether oxygens (including phenoxy) is 1. The van der Waals surface area contributed by atoms with Gasteiger partial charge in [-0.2, -0.15) is 26.3 Å². The normalized spacial score (nSPS) is 11.9. The van der Waals surface area contributed by atoms with Gasteiger partial charge in [0.05, 0.1) is 24.0 Å². The fourth-order valence-corrected chi connectivity index (χ4v) is 3.84. The minimum Gasteiger partial charge on any atom is -0.481 e. The first-order chi connectivity index (χ1) is 18.2. The van der Waals surface area contributed by atoms with Gasteiger partial charge in [-0.15, -0.1) is 0 Å². The number of nitrogens with one attached hydrogen (secondary N) is 1. The van der Waals surface area contributed by atoms with Crippen LogP contribution in [0, 0.1) is 0 Å². The molecule has 3 aromatic rings. The monoisotopic (exact) mass is 573 g/mol. The molecule has 0 atom stereocenters. The van der Waals surface area contributed by atoms with E-state index >= 15 is 0 Å². The van der Waals surface area contributed by atoms with Crippen molar-refractivity contribution in [3.63, 3.8) is 0 Å². The van der Waals surface area contributed by atoms with Crippen molar-refractivity contribution in [1.29, 1.82) is 0 Å². The van der Waals surface area contributed by atoms with Crippen LogP contribution in [0.15, 0.2) is 60.7 Å². The van der Waals surface area contributed by atoms with Gasteiger partial charge in [-0.05, 0) is 64.2 Å². The topological polar surface area (TPSA) is 75.6 Å². The third kappa shape index (κ3) is 9.00. The summed E-state index contributed by atoms with van der Waals surface area (Å²) < 4.78 is 85.7. The van der Waals surface area contributed by atoms with Crippen LogP contribution in [0.25, 0.3) is 11.1 Å². The molecule has 0 bridgehead atoms. The second kappa shape index (κ2) is 12.5. The molecule has 0 saturated heterocycles. The summed E-state index contributed by atoms with van der Waals surface area (Å²) in [6.07, 6.45) is -10.3. The van der Waals surface area contributed by atoms with Gasteiger partial charge in [-0.1, -0.05) is 35.9 Å². The van der Waals surface area contributed by atoms with Crippen molar-refractivity contribution in [2.75, 3.05) is 6.54 Å². The molecule has 0 radical (unpaired) electrons. The number of hydrogen-bond acceptors (Lipinski definition) is 4. The molecular formula is C27H22ClF6NO4. The Kier molecular flexibility index (Phi) is 9.63. The van der Waals surface area contributed by atoms with Crippen LogP contribution in [0.3, 0.4) is 0 Å². The largest absolute Gasteiger partial charge is 0.481 e. The van der Waals surface area contributed by atoms with E-state index in [0.29, 0.717) is 16.7 Å². The van der Waals surface area contributed by atoms with Crippen LogP contribution in [0.4, 0.5) is 26.3 Å². The zero-order valence-electron chi connectivity index (χ0n) is 20.1. The van der Waals surface area contributed by atoms with Crippen molar-refractivity contribution in [2.24, 2.45) is 0 Å². The lowest BCUT2D eigenvalue weighted by atomic mass is 9.93. The Morgan fingerprint density at radius 3 is 2.13 bits per heavy atom. The van der Waals surface area contributed by atoms with Crippen molar-refractivity contribution >= 4 is 23.5 Å². The summed E-state index contributed by atoms with van der Waals surface area (Å²) in [6.45, 7) is -0.196. The van der Waals surface area contributed by atoms with E-state index in [2.05, 4.69) is 5.32 Å². The fourth-order valence-electron chi connectivity index (χ4n) is 3.72. The predicted octanol–water partition coefficient (Wildman–Crippen LogP) is 6.89. The van der Waals surface area contributed by atoms with E-state index in [4.69, 9.17) is 21.4 Å². The third-order valence-corrected chi connectivity index (χ3v) is 5.81. The first-order valence-corrected chi connectivity index (χ1v) is 11.8. The van der Waals surface area contributed by atoms with E-state index in [1.54, 1.807) is 24.3 Å². The summed E-state index contributed by atoms with van der Waals surface area (Å²) in [6, 6.07) is 11.9. The highest BCUT2D eigenvalue weighted by molar-refractivity contribution is 6.30. The number of benzene rings is 3. The number of halogens is 7. The molecule has 0 aliphatic rings. The SMILES string of the molecule is O=C(O)Cc1cc(-c2ccc(C(F)(F)F)cc2CNCCC(=O)OCc2ccc(Cl)cc2)cc(C(F)(F)F)c1. The van der Waals surface area contributed by atoms with E-state index in [9.17, 15) is 35.9 Å². The Balaban J connectivity index is 1.78. The molecule has 5 nitrogen and oxygen atoms in total. The zero-order chi connectivity index (χ0) is 28.8. The molecule has 208 valence electrons. The number of carboxylic acid groups (broad SMARTS) is 1. The summed E-state index contributed by atoms with van der Waals surface area (Å²) in [5, 5.41) is 12.4. The summed E-state index contributed by atoms with van der Waals surface area (Å²) in [5.74, 6) is -1.93. The second-order valence-electron chi connectivity index (χ2n) is 8.57. The zero-order valence-corrected chi connectivity index (χ0v) is 20.9. The van der Waals surface area contributed by atoms with E-state index in [1.165, 1.54) is 6.07 Å². The first kappa shape index (κ1) is 30.0. The Bertz CT molecular complexity index is 1320. The van der Waals surface area contributed by atoms with E-state index in [1.807, 2.05) is 0 Å². The number of alkyl halides is 6. The quantitative estimate of drug-likeness (QED) is 0.157. The van der Waals surface area contributed by atoms with Crippen molar-refractivity contribution in [3.05, 3.63) is 93.5 Å². The maximum atomic E-state index is 13.5. The molecule has 0 amide bonds.